The normalized spacial score (nSPS) is 16.2. The Labute approximate surface area is 327 Å². The maximum atomic E-state index is 6.56. The van der Waals surface area contributed by atoms with Gasteiger partial charge in [0.25, 0.3) is 6.71 Å². The number of para-hydroxylation sites is 4. The molecule has 0 unspecified atom stereocenters. The van der Waals surface area contributed by atoms with Crippen LogP contribution in [-0.2, 0) is 5.41 Å². The average Bonchev–Trinajstić information content (AvgIpc) is 3.63. The fourth-order valence-corrected chi connectivity index (χ4v) is 10.5. The van der Waals surface area contributed by atoms with Crippen LogP contribution in [0.3, 0.4) is 0 Å². The van der Waals surface area contributed by atoms with Crippen molar-refractivity contribution in [2.75, 3.05) is 15.1 Å². The van der Waals surface area contributed by atoms with Gasteiger partial charge in [0, 0.05) is 67.3 Å². The van der Waals surface area contributed by atoms with Gasteiger partial charge < -0.3 is 19.5 Å². The van der Waals surface area contributed by atoms with Crippen molar-refractivity contribution in [3.63, 3.8) is 0 Å². The van der Waals surface area contributed by atoms with Crippen LogP contribution in [0.1, 0.15) is 45.1 Å². The van der Waals surface area contributed by atoms with E-state index >= 15 is 0 Å². The van der Waals surface area contributed by atoms with Crippen molar-refractivity contribution < 1.29 is 4.42 Å². The number of nitrogens with one attached hydrogen (secondary N) is 1. The summed E-state index contributed by atoms with van der Waals surface area (Å²) >= 11 is 0. The van der Waals surface area contributed by atoms with Crippen LogP contribution < -0.4 is 31.5 Å². The molecule has 4 aliphatic rings. The van der Waals surface area contributed by atoms with Gasteiger partial charge in [-0.25, -0.2) is 0 Å². The zero-order valence-electron chi connectivity index (χ0n) is 31.6. The molecule has 3 aliphatic heterocycles. The Hall–Kier alpha value is -6.46. The van der Waals surface area contributed by atoms with Gasteiger partial charge in [0.05, 0.1) is 0 Å². The van der Waals surface area contributed by atoms with E-state index in [4.69, 9.17) is 4.42 Å². The van der Waals surface area contributed by atoms with Crippen molar-refractivity contribution in [2.24, 2.45) is 0 Å². The smallest absolute Gasteiger partial charge is 0.252 e. The van der Waals surface area contributed by atoms with Crippen LogP contribution in [0.2, 0.25) is 0 Å². The highest BCUT2D eigenvalue weighted by molar-refractivity contribution is 7.00. The Balaban J connectivity index is 1.09. The maximum Gasteiger partial charge on any atom is 0.252 e. The largest absolute Gasteiger partial charge is 0.455 e. The molecule has 1 aliphatic carbocycles. The molecule has 0 amide bonds. The molecule has 0 atom stereocenters. The van der Waals surface area contributed by atoms with Crippen LogP contribution in [0.15, 0.2) is 167 Å². The molecule has 268 valence electrons. The molecule has 5 heteroatoms. The fourth-order valence-electron chi connectivity index (χ4n) is 10.5. The predicted octanol–water partition coefficient (Wildman–Crippen LogP) is 11.9. The molecule has 0 saturated carbocycles. The van der Waals surface area contributed by atoms with Crippen LogP contribution in [0.25, 0.3) is 33.1 Å². The third-order valence-electron chi connectivity index (χ3n) is 13.1. The number of nitrogens with zero attached hydrogens (tertiary/aromatic N) is 2. The van der Waals surface area contributed by atoms with Crippen molar-refractivity contribution in [1.82, 2.24) is 0 Å². The lowest BCUT2D eigenvalue weighted by molar-refractivity contribution is 0.517. The van der Waals surface area contributed by atoms with Crippen LogP contribution in [0.4, 0.5) is 39.8 Å². The van der Waals surface area contributed by atoms with Gasteiger partial charge in [-0.2, -0.15) is 0 Å². The molecule has 8 aromatic rings. The molecule has 4 nitrogen and oxygen atoms in total. The first-order chi connectivity index (χ1) is 27.5. The van der Waals surface area contributed by atoms with Gasteiger partial charge in [-0.15, -0.1) is 0 Å². The third kappa shape index (κ3) is 4.43. The van der Waals surface area contributed by atoms with E-state index in [2.05, 4.69) is 175 Å². The van der Waals surface area contributed by atoms with Crippen LogP contribution >= 0.6 is 0 Å². The number of allylic oxidation sites excluding steroid dienone is 2. The lowest BCUT2D eigenvalue weighted by Crippen LogP contribution is -2.60. The highest BCUT2D eigenvalue weighted by Crippen LogP contribution is 2.53. The quantitative estimate of drug-likeness (QED) is 0.184. The summed E-state index contributed by atoms with van der Waals surface area (Å²) in [5, 5.41) is 6.17. The van der Waals surface area contributed by atoms with E-state index in [1.807, 2.05) is 6.07 Å². The number of rotatable bonds is 3. The number of benzene rings is 7. The van der Waals surface area contributed by atoms with E-state index in [1.165, 1.54) is 63.2 Å². The Bertz CT molecular complexity index is 2960. The second-order valence-electron chi connectivity index (χ2n) is 16.4. The van der Waals surface area contributed by atoms with Crippen molar-refractivity contribution in [2.45, 2.75) is 44.9 Å². The van der Waals surface area contributed by atoms with Gasteiger partial charge >= 0.3 is 0 Å². The van der Waals surface area contributed by atoms with Gasteiger partial charge in [-0.3, -0.25) is 0 Å². The summed E-state index contributed by atoms with van der Waals surface area (Å²) < 4.78 is 6.56. The van der Waals surface area contributed by atoms with Gasteiger partial charge in [-0.1, -0.05) is 111 Å². The molecule has 12 rings (SSSR count). The molecular weight excluding hydrogens is 681 g/mol. The number of hydrogen-bond donors (Lipinski definition) is 1. The molecule has 7 aromatic carbocycles. The average molecular weight is 722 g/mol. The zero-order valence-corrected chi connectivity index (χ0v) is 31.6. The molecule has 56 heavy (non-hydrogen) atoms. The summed E-state index contributed by atoms with van der Waals surface area (Å²) in [7, 11) is 0. The van der Waals surface area contributed by atoms with Crippen molar-refractivity contribution in [3.8, 4) is 11.1 Å². The summed E-state index contributed by atoms with van der Waals surface area (Å²) in [5.41, 5.74) is 20.9. The standard InChI is InChI=1S/C51H40BN3O/c1-51(2)38-19-7-9-22-44(38)55(45-23-10-8-20-39(45)51)34-27-28-40-47(31-34)54(33-14-4-3-5-15-33)46-24-13-21-43-49(46)52(40)41-30-32(26-29-42(41)53-43)35-17-12-18-37-36-16-6-11-25-48(36)56-50(35)37/h3-7,9,11-19,21-22,24-31,53H,8,10,20,23H2,1-2H3. The van der Waals surface area contributed by atoms with Gasteiger partial charge in [0.15, 0.2) is 0 Å². The first kappa shape index (κ1) is 31.9. The molecule has 0 spiro atoms. The van der Waals surface area contributed by atoms with Gasteiger partial charge in [0.1, 0.15) is 11.2 Å². The monoisotopic (exact) mass is 721 g/mol. The minimum Gasteiger partial charge on any atom is -0.455 e. The summed E-state index contributed by atoms with van der Waals surface area (Å²) in [6, 6.07) is 55.9. The number of anilines is 7. The highest BCUT2D eigenvalue weighted by Gasteiger charge is 2.43. The van der Waals surface area contributed by atoms with E-state index in [-0.39, 0.29) is 12.1 Å². The molecule has 1 aromatic heterocycles. The van der Waals surface area contributed by atoms with Gasteiger partial charge in [0.2, 0.25) is 0 Å². The molecule has 4 heterocycles. The minimum absolute atomic E-state index is 0.00564. The lowest BCUT2D eigenvalue weighted by Gasteiger charge is -2.46. The molecule has 0 radical (unpaired) electrons. The van der Waals surface area contributed by atoms with Gasteiger partial charge in [-0.05, 0) is 113 Å². The SMILES string of the molecule is CC1(C)C2=C(CCCC2)N(c2ccc3c(c2)N(c2ccccc2)c2cccc4c2B3c2cc(-c3cccc5c3oc3ccccc35)ccc2N4)c2ccccc21. The van der Waals surface area contributed by atoms with E-state index in [0.29, 0.717) is 0 Å². The van der Waals surface area contributed by atoms with E-state index < -0.39 is 0 Å². The van der Waals surface area contributed by atoms with E-state index in [9.17, 15) is 0 Å². The zero-order chi connectivity index (χ0) is 37.1. The second-order valence-corrected chi connectivity index (χ2v) is 16.4. The van der Waals surface area contributed by atoms with Crippen LogP contribution in [0.5, 0.6) is 0 Å². The molecule has 0 bridgehead atoms. The summed E-state index contributed by atoms with van der Waals surface area (Å²) in [4.78, 5) is 5.10. The molecular formula is C51H40BN3O. The van der Waals surface area contributed by atoms with Crippen molar-refractivity contribution in [1.29, 1.82) is 0 Å². The summed E-state index contributed by atoms with van der Waals surface area (Å²) in [6.07, 6.45) is 4.73. The second kappa shape index (κ2) is 11.8. The molecule has 0 saturated heterocycles. The van der Waals surface area contributed by atoms with Crippen LogP contribution in [-0.4, -0.2) is 6.71 Å². The fraction of sp³-hybridized carbons (Fsp3) is 0.137. The predicted molar refractivity (Wildman–Crippen MR) is 235 cm³/mol. The summed E-state index contributed by atoms with van der Waals surface area (Å²) in [5.74, 6) is 0. The number of hydrogen-bond acceptors (Lipinski definition) is 4. The highest BCUT2D eigenvalue weighted by atomic mass is 16.3. The Kier molecular flexibility index (Phi) is 6.70. The number of fused-ring (bicyclic) bond motifs is 8. The van der Waals surface area contributed by atoms with E-state index in [0.717, 1.165) is 63.0 Å². The Morgan fingerprint density at radius 1 is 0.589 bits per heavy atom. The van der Waals surface area contributed by atoms with Crippen molar-refractivity contribution >= 4 is 84.9 Å². The topological polar surface area (TPSA) is 31.6 Å². The first-order valence-corrected chi connectivity index (χ1v) is 20.1. The van der Waals surface area contributed by atoms with Crippen molar-refractivity contribution in [3.05, 3.63) is 168 Å². The van der Waals surface area contributed by atoms with Crippen LogP contribution in [0, 0.1) is 0 Å². The Morgan fingerprint density at radius 2 is 1.38 bits per heavy atom. The molecule has 1 N–H and O–H groups in total. The molecule has 0 fully saturated rings. The Morgan fingerprint density at radius 3 is 2.30 bits per heavy atom. The van der Waals surface area contributed by atoms with E-state index in [1.54, 1.807) is 5.57 Å². The summed E-state index contributed by atoms with van der Waals surface area (Å²) in [6.45, 7) is 4.90. The lowest BCUT2D eigenvalue weighted by atomic mass is 9.33. The first-order valence-electron chi connectivity index (χ1n) is 20.1. The maximum absolute atomic E-state index is 6.56. The number of furan rings is 1. The third-order valence-corrected chi connectivity index (χ3v) is 13.1. The minimum atomic E-state index is 0.00564.